The highest BCUT2D eigenvalue weighted by Crippen LogP contribution is 2.29. The van der Waals surface area contributed by atoms with Crippen LogP contribution >= 0.6 is 24.8 Å². The zero-order valence-corrected chi connectivity index (χ0v) is 20.1. The predicted molar refractivity (Wildman–Crippen MR) is 131 cm³/mol. The lowest BCUT2D eigenvalue weighted by atomic mass is 10.0. The highest BCUT2D eigenvalue weighted by molar-refractivity contribution is 6.06. The van der Waals surface area contributed by atoms with Crippen LogP contribution in [0.1, 0.15) is 48.7 Å². The average molecular weight is 464 g/mol. The standard InChI is InChI=1S/C23H29N5O.2ClH/c1-15(2)28-22-20(14-25-28)19(23(29)27(4)17-9-11-24-12-10-17)13-21(26-22)18-8-6-5-7-16(18)3;;/h5-8,13-15,17,24H,9-12H2,1-4H3;2*1H. The number of amides is 1. The quantitative estimate of drug-likeness (QED) is 0.611. The van der Waals surface area contributed by atoms with Crippen molar-refractivity contribution in [2.24, 2.45) is 0 Å². The number of pyridine rings is 1. The Morgan fingerprint density at radius 3 is 2.52 bits per heavy atom. The summed E-state index contributed by atoms with van der Waals surface area (Å²) in [7, 11) is 1.92. The largest absolute Gasteiger partial charge is 0.339 e. The smallest absolute Gasteiger partial charge is 0.254 e. The number of nitrogens with zero attached hydrogens (tertiary/aromatic N) is 4. The van der Waals surface area contributed by atoms with Crippen LogP contribution in [0.4, 0.5) is 0 Å². The molecule has 1 aliphatic rings. The van der Waals surface area contributed by atoms with Crippen molar-refractivity contribution in [2.75, 3.05) is 20.1 Å². The summed E-state index contributed by atoms with van der Waals surface area (Å²) in [5, 5.41) is 8.73. The molecule has 1 fully saturated rings. The molecule has 0 spiro atoms. The summed E-state index contributed by atoms with van der Waals surface area (Å²) in [6.07, 6.45) is 3.74. The van der Waals surface area contributed by atoms with Crippen molar-refractivity contribution in [3.8, 4) is 11.3 Å². The Hall–Kier alpha value is -2.15. The predicted octanol–water partition coefficient (Wildman–Crippen LogP) is 4.66. The molecule has 3 aromatic rings. The van der Waals surface area contributed by atoms with Gasteiger partial charge in [-0.25, -0.2) is 9.67 Å². The number of piperidine rings is 1. The minimum Gasteiger partial charge on any atom is -0.339 e. The molecule has 0 radical (unpaired) electrons. The molecule has 2 aromatic heterocycles. The van der Waals surface area contributed by atoms with Crippen molar-refractivity contribution >= 4 is 41.8 Å². The summed E-state index contributed by atoms with van der Waals surface area (Å²) in [5.74, 6) is 0.0439. The molecule has 3 heterocycles. The first-order valence-electron chi connectivity index (χ1n) is 10.4. The number of fused-ring (bicyclic) bond motifs is 1. The molecule has 1 N–H and O–H groups in total. The molecular weight excluding hydrogens is 433 g/mol. The van der Waals surface area contributed by atoms with Crippen LogP contribution < -0.4 is 5.32 Å². The van der Waals surface area contributed by atoms with Gasteiger partial charge in [-0.05, 0) is 58.3 Å². The van der Waals surface area contributed by atoms with E-state index in [9.17, 15) is 4.79 Å². The summed E-state index contributed by atoms with van der Waals surface area (Å²) < 4.78 is 1.90. The van der Waals surface area contributed by atoms with Gasteiger partial charge in [-0.2, -0.15) is 5.10 Å². The molecule has 0 bridgehead atoms. The van der Waals surface area contributed by atoms with Crippen LogP contribution in [0.15, 0.2) is 36.5 Å². The maximum atomic E-state index is 13.5. The van der Waals surface area contributed by atoms with E-state index in [1.165, 1.54) is 0 Å². The molecule has 6 nitrogen and oxygen atoms in total. The zero-order chi connectivity index (χ0) is 20.5. The maximum absolute atomic E-state index is 13.5. The van der Waals surface area contributed by atoms with E-state index in [0.29, 0.717) is 5.56 Å². The molecular formula is C23H31Cl2N5O. The molecule has 1 saturated heterocycles. The monoisotopic (exact) mass is 463 g/mol. The molecule has 0 unspecified atom stereocenters. The Balaban J connectivity index is 0.00000171. The van der Waals surface area contributed by atoms with Gasteiger partial charge in [0, 0.05) is 24.7 Å². The van der Waals surface area contributed by atoms with Gasteiger partial charge in [0.05, 0.1) is 22.8 Å². The van der Waals surface area contributed by atoms with E-state index in [-0.39, 0.29) is 42.8 Å². The van der Waals surface area contributed by atoms with E-state index in [2.05, 4.69) is 43.3 Å². The summed E-state index contributed by atoms with van der Waals surface area (Å²) in [5.41, 5.74) is 4.45. The van der Waals surface area contributed by atoms with Crippen LogP contribution in [0.3, 0.4) is 0 Å². The van der Waals surface area contributed by atoms with Crippen LogP contribution in [0.5, 0.6) is 0 Å². The van der Waals surface area contributed by atoms with Gasteiger partial charge in [0.2, 0.25) is 0 Å². The second kappa shape index (κ2) is 10.4. The molecule has 0 aliphatic carbocycles. The number of aryl methyl sites for hydroxylation is 1. The van der Waals surface area contributed by atoms with Crippen molar-refractivity contribution < 1.29 is 4.79 Å². The van der Waals surface area contributed by atoms with Gasteiger partial charge in [-0.3, -0.25) is 4.79 Å². The summed E-state index contributed by atoms with van der Waals surface area (Å²) in [4.78, 5) is 20.4. The molecule has 8 heteroatoms. The Morgan fingerprint density at radius 1 is 1.19 bits per heavy atom. The first-order chi connectivity index (χ1) is 14.0. The number of carbonyl (C=O) groups excluding carboxylic acids is 1. The van der Waals surface area contributed by atoms with Crippen molar-refractivity contribution in [3.63, 3.8) is 0 Å². The van der Waals surface area contributed by atoms with Crippen LogP contribution in [0.25, 0.3) is 22.3 Å². The Labute approximate surface area is 196 Å². The van der Waals surface area contributed by atoms with Gasteiger partial charge in [0.25, 0.3) is 5.91 Å². The fraction of sp³-hybridized carbons (Fsp3) is 0.435. The first kappa shape index (κ1) is 25.1. The number of hydrogen-bond acceptors (Lipinski definition) is 4. The highest BCUT2D eigenvalue weighted by atomic mass is 35.5. The molecule has 1 amide bonds. The number of aromatic nitrogens is 3. The number of nitrogens with one attached hydrogen (secondary N) is 1. The third-order valence-corrected chi connectivity index (χ3v) is 5.88. The molecule has 31 heavy (non-hydrogen) atoms. The van der Waals surface area contributed by atoms with Gasteiger partial charge in [0.1, 0.15) is 0 Å². The Bertz CT molecular complexity index is 1040. The molecule has 0 saturated carbocycles. The molecule has 1 aromatic carbocycles. The van der Waals surface area contributed by atoms with Gasteiger partial charge in [-0.15, -0.1) is 24.8 Å². The maximum Gasteiger partial charge on any atom is 0.254 e. The number of hydrogen-bond donors (Lipinski definition) is 1. The van der Waals surface area contributed by atoms with Crippen molar-refractivity contribution in [3.05, 3.63) is 47.7 Å². The summed E-state index contributed by atoms with van der Waals surface area (Å²) >= 11 is 0. The minimum atomic E-state index is 0. The zero-order valence-electron chi connectivity index (χ0n) is 18.5. The van der Waals surface area contributed by atoms with Crippen molar-refractivity contribution in [1.29, 1.82) is 0 Å². The van der Waals surface area contributed by atoms with E-state index in [1.54, 1.807) is 6.20 Å². The highest BCUT2D eigenvalue weighted by Gasteiger charge is 2.26. The van der Waals surface area contributed by atoms with E-state index < -0.39 is 0 Å². The Kier molecular flexibility index (Phi) is 8.46. The van der Waals surface area contributed by atoms with E-state index in [1.807, 2.05) is 34.8 Å². The molecule has 0 atom stereocenters. The number of halogens is 2. The lowest BCUT2D eigenvalue weighted by molar-refractivity contribution is 0.0705. The van der Waals surface area contributed by atoms with Crippen LogP contribution in [-0.4, -0.2) is 51.8 Å². The SMILES string of the molecule is Cc1ccccc1-c1cc(C(=O)N(C)C2CCNCC2)c2cnn(C(C)C)c2n1.Cl.Cl. The third-order valence-electron chi connectivity index (χ3n) is 5.88. The molecule has 168 valence electrons. The van der Waals surface area contributed by atoms with Gasteiger partial charge in [0.15, 0.2) is 5.65 Å². The van der Waals surface area contributed by atoms with Crippen LogP contribution in [0, 0.1) is 6.92 Å². The lowest BCUT2D eigenvalue weighted by Crippen LogP contribution is -2.44. The second-order valence-corrected chi connectivity index (χ2v) is 8.19. The Morgan fingerprint density at radius 2 is 1.87 bits per heavy atom. The molecule has 4 rings (SSSR count). The van der Waals surface area contributed by atoms with Gasteiger partial charge in [-0.1, -0.05) is 24.3 Å². The van der Waals surface area contributed by atoms with Gasteiger partial charge < -0.3 is 10.2 Å². The summed E-state index contributed by atoms with van der Waals surface area (Å²) in [6.45, 7) is 8.14. The van der Waals surface area contributed by atoms with Crippen LogP contribution in [0.2, 0.25) is 0 Å². The minimum absolute atomic E-state index is 0. The number of rotatable bonds is 4. The topological polar surface area (TPSA) is 63.1 Å². The normalized spacial score (nSPS) is 14.2. The first-order valence-corrected chi connectivity index (χ1v) is 10.4. The average Bonchev–Trinajstić information content (AvgIpc) is 3.17. The van der Waals surface area contributed by atoms with E-state index in [0.717, 1.165) is 53.8 Å². The number of carbonyl (C=O) groups is 1. The fourth-order valence-corrected chi connectivity index (χ4v) is 4.12. The van der Waals surface area contributed by atoms with Crippen molar-refractivity contribution in [2.45, 2.75) is 45.7 Å². The fourth-order valence-electron chi connectivity index (χ4n) is 4.12. The van der Waals surface area contributed by atoms with E-state index in [4.69, 9.17) is 4.98 Å². The van der Waals surface area contributed by atoms with Crippen LogP contribution in [-0.2, 0) is 0 Å². The third kappa shape index (κ3) is 4.86. The lowest BCUT2D eigenvalue weighted by Gasteiger charge is -2.32. The molecule has 1 aliphatic heterocycles. The van der Waals surface area contributed by atoms with Crippen molar-refractivity contribution in [1.82, 2.24) is 25.0 Å². The van der Waals surface area contributed by atoms with Gasteiger partial charge >= 0.3 is 0 Å². The second-order valence-electron chi connectivity index (χ2n) is 8.19. The summed E-state index contributed by atoms with van der Waals surface area (Å²) in [6, 6.07) is 10.5. The number of benzene rings is 1. The van der Waals surface area contributed by atoms with E-state index >= 15 is 0 Å².